The van der Waals surface area contributed by atoms with Gasteiger partial charge in [0.1, 0.15) is 0 Å². The lowest BCUT2D eigenvalue weighted by molar-refractivity contribution is 0.172. The Morgan fingerprint density at radius 2 is 1.93 bits per heavy atom. The van der Waals surface area contributed by atoms with Crippen molar-refractivity contribution in [1.82, 2.24) is 0 Å². The zero-order valence-electron chi connectivity index (χ0n) is 10.1. The summed E-state index contributed by atoms with van der Waals surface area (Å²) < 4.78 is 5.90. The van der Waals surface area contributed by atoms with Gasteiger partial charge >= 0.3 is 0 Å². The van der Waals surface area contributed by atoms with Gasteiger partial charge in [0, 0.05) is 6.61 Å². The molecule has 0 aromatic rings. The predicted molar refractivity (Wildman–Crippen MR) is 64.0 cm³/mol. The Morgan fingerprint density at radius 1 is 1.43 bits per heavy atom. The Balaban J connectivity index is 3.95. The van der Waals surface area contributed by atoms with E-state index in [1.165, 1.54) is 0 Å². The second-order valence-electron chi connectivity index (χ2n) is 5.20. The first-order chi connectivity index (χ1) is 6.20. The molecule has 0 saturated heterocycles. The van der Waals surface area contributed by atoms with Crippen LogP contribution in [0.1, 0.15) is 27.2 Å². The molecule has 0 spiro atoms. The van der Waals surface area contributed by atoms with E-state index in [2.05, 4.69) is 40.4 Å². The summed E-state index contributed by atoms with van der Waals surface area (Å²) in [6.45, 7) is 15.2. The molecule has 1 atom stereocenters. The van der Waals surface area contributed by atoms with Crippen LogP contribution in [0.2, 0.25) is 18.1 Å². The monoisotopic (exact) mass is 216 g/mol. The third-order valence-corrected chi connectivity index (χ3v) is 7.49. The maximum absolute atomic E-state index is 9.27. The maximum Gasteiger partial charge on any atom is 0.191 e. The van der Waals surface area contributed by atoms with Gasteiger partial charge in [-0.05, 0) is 24.6 Å². The first-order valence-electron chi connectivity index (χ1n) is 5.15. The highest BCUT2D eigenvalue weighted by Gasteiger charge is 2.36. The molecule has 0 aliphatic carbocycles. The van der Waals surface area contributed by atoms with Crippen molar-refractivity contribution in [1.29, 1.82) is 0 Å². The molecule has 0 saturated carbocycles. The van der Waals surface area contributed by atoms with Crippen LogP contribution in [0.3, 0.4) is 0 Å². The molecule has 0 heterocycles. The summed E-state index contributed by atoms with van der Waals surface area (Å²) in [7, 11) is -1.63. The highest BCUT2D eigenvalue weighted by Crippen LogP contribution is 2.36. The second kappa shape index (κ2) is 5.10. The van der Waals surface area contributed by atoms with Crippen molar-refractivity contribution >= 4 is 8.32 Å². The van der Waals surface area contributed by atoms with Crippen molar-refractivity contribution in [3.8, 4) is 0 Å². The van der Waals surface area contributed by atoms with Crippen molar-refractivity contribution in [3.63, 3.8) is 0 Å². The molecule has 0 aliphatic heterocycles. The van der Waals surface area contributed by atoms with Gasteiger partial charge < -0.3 is 9.53 Å². The number of hydrogen-bond donors (Lipinski definition) is 1. The van der Waals surface area contributed by atoms with E-state index < -0.39 is 14.4 Å². The van der Waals surface area contributed by atoms with Gasteiger partial charge in [0.05, 0.1) is 6.10 Å². The van der Waals surface area contributed by atoms with E-state index in [0.717, 1.165) is 0 Å². The molecule has 0 aromatic heterocycles. The van der Waals surface area contributed by atoms with E-state index in [1.54, 1.807) is 6.08 Å². The van der Waals surface area contributed by atoms with Crippen LogP contribution < -0.4 is 0 Å². The lowest BCUT2D eigenvalue weighted by Gasteiger charge is -2.36. The molecule has 0 fully saturated rings. The van der Waals surface area contributed by atoms with Crippen LogP contribution >= 0.6 is 0 Å². The fourth-order valence-electron chi connectivity index (χ4n) is 0.769. The standard InChI is InChI=1S/C11H24O2Si/c1-7-10(12)8-9-13-14(5,6)11(2,3)4/h7,10,12H,1,8-9H2,2-6H3. The summed E-state index contributed by atoms with van der Waals surface area (Å²) >= 11 is 0. The molecular formula is C11H24O2Si. The fourth-order valence-corrected chi connectivity index (χ4v) is 1.83. The van der Waals surface area contributed by atoms with Crippen molar-refractivity contribution in [3.05, 3.63) is 12.7 Å². The molecule has 0 amide bonds. The van der Waals surface area contributed by atoms with Crippen LogP contribution in [-0.4, -0.2) is 26.1 Å². The molecule has 2 nitrogen and oxygen atoms in total. The van der Waals surface area contributed by atoms with Crippen molar-refractivity contribution in [2.45, 2.75) is 51.4 Å². The number of aliphatic hydroxyl groups excluding tert-OH is 1. The van der Waals surface area contributed by atoms with Gasteiger partial charge in [0.2, 0.25) is 0 Å². The quantitative estimate of drug-likeness (QED) is 0.565. The Morgan fingerprint density at radius 3 is 2.29 bits per heavy atom. The molecule has 14 heavy (non-hydrogen) atoms. The van der Waals surface area contributed by atoms with Gasteiger partial charge in [0.25, 0.3) is 0 Å². The lowest BCUT2D eigenvalue weighted by atomic mass is 10.2. The van der Waals surface area contributed by atoms with E-state index in [9.17, 15) is 5.11 Å². The van der Waals surface area contributed by atoms with Gasteiger partial charge in [-0.15, -0.1) is 6.58 Å². The number of aliphatic hydroxyl groups is 1. The van der Waals surface area contributed by atoms with Gasteiger partial charge in [-0.1, -0.05) is 26.8 Å². The van der Waals surface area contributed by atoms with Crippen LogP contribution in [0, 0.1) is 0 Å². The van der Waals surface area contributed by atoms with Crippen LogP contribution in [0.4, 0.5) is 0 Å². The number of hydrogen-bond acceptors (Lipinski definition) is 2. The van der Waals surface area contributed by atoms with E-state index in [4.69, 9.17) is 4.43 Å². The zero-order valence-corrected chi connectivity index (χ0v) is 11.1. The third kappa shape index (κ3) is 4.40. The number of rotatable bonds is 5. The minimum absolute atomic E-state index is 0.242. The minimum atomic E-state index is -1.63. The van der Waals surface area contributed by atoms with Gasteiger partial charge in [0.15, 0.2) is 8.32 Å². The van der Waals surface area contributed by atoms with Crippen molar-refractivity contribution in [2.75, 3.05) is 6.61 Å². The highest BCUT2D eigenvalue weighted by atomic mass is 28.4. The van der Waals surface area contributed by atoms with E-state index >= 15 is 0 Å². The minimum Gasteiger partial charge on any atom is -0.417 e. The van der Waals surface area contributed by atoms with Gasteiger partial charge in [-0.2, -0.15) is 0 Å². The summed E-state index contributed by atoms with van der Waals surface area (Å²) in [4.78, 5) is 0. The van der Waals surface area contributed by atoms with Crippen molar-refractivity contribution < 1.29 is 9.53 Å². The second-order valence-corrected chi connectivity index (χ2v) is 10.0. The average Bonchev–Trinajstić information content (AvgIpc) is 2.01. The fraction of sp³-hybridized carbons (Fsp3) is 0.818. The largest absolute Gasteiger partial charge is 0.417 e. The van der Waals surface area contributed by atoms with E-state index in [1.807, 2.05) is 0 Å². The maximum atomic E-state index is 9.27. The molecule has 0 rings (SSSR count). The van der Waals surface area contributed by atoms with Crippen LogP contribution in [0.25, 0.3) is 0 Å². The molecule has 84 valence electrons. The predicted octanol–water partition coefficient (Wildman–Crippen LogP) is 2.95. The van der Waals surface area contributed by atoms with E-state index in [-0.39, 0.29) is 5.04 Å². The molecule has 0 bridgehead atoms. The topological polar surface area (TPSA) is 29.5 Å². The molecular weight excluding hydrogens is 192 g/mol. The summed E-state index contributed by atoms with van der Waals surface area (Å²) in [5.74, 6) is 0. The average molecular weight is 216 g/mol. The Labute approximate surface area is 89.1 Å². The Bertz CT molecular complexity index is 182. The zero-order chi connectivity index (χ0) is 11.4. The van der Waals surface area contributed by atoms with Gasteiger partial charge in [-0.25, -0.2) is 0 Å². The van der Waals surface area contributed by atoms with Crippen LogP contribution in [-0.2, 0) is 4.43 Å². The summed E-state index contributed by atoms with van der Waals surface area (Å²) in [6, 6.07) is 0. The van der Waals surface area contributed by atoms with Crippen molar-refractivity contribution in [2.24, 2.45) is 0 Å². The Kier molecular flexibility index (Phi) is 5.05. The first kappa shape index (κ1) is 13.9. The lowest BCUT2D eigenvalue weighted by Crippen LogP contribution is -2.41. The highest BCUT2D eigenvalue weighted by molar-refractivity contribution is 6.74. The molecule has 1 N–H and O–H groups in total. The summed E-state index contributed by atoms with van der Waals surface area (Å²) in [5.41, 5.74) is 0. The van der Waals surface area contributed by atoms with Gasteiger partial charge in [-0.3, -0.25) is 0 Å². The smallest absolute Gasteiger partial charge is 0.191 e. The molecule has 3 heteroatoms. The molecule has 0 aliphatic rings. The first-order valence-corrected chi connectivity index (χ1v) is 8.06. The third-order valence-electron chi connectivity index (χ3n) is 2.95. The normalized spacial score (nSPS) is 15.3. The van der Waals surface area contributed by atoms with Crippen LogP contribution in [0.5, 0.6) is 0 Å². The molecule has 1 unspecified atom stereocenters. The molecule has 0 radical (unpaired) electrons. The SMILES string of the molecule is C=CC(O)CCO[Si](C)(C)C(C)(C)C. The molecule has 0 aromatic carbocycles. The van der Waals surface area contributed by atoms with E-state index in [0.29, 0.717) is 13.0 Å². The van der Waals surface area contributed by atoms with Crippen LogP contribution in [0.15, 0.2) is 12.7 Å². The summed E-state index contributed by atoms with van der Waals surface area (Å²) in [5, 5.41) is 9.52. The summed E-state index contributed by atoms with van der Waals surface area (Å²) in [6.07, 6.45) is 1.77. The Hall–Kier alpha value is -0.123.